The maximum Gasteiger partial charge on any atom is 0.243 e. The molecule has 1 aliphatic heterocycles. The quantitative estimate of drug-likeness (QED) is 0.751. The molecule has 0 radical (unpaired) electrons. The van der Waals surface area contributed by atoms with E-state index in [1.807, 2.05) is 19.2 Å². The summed E-state index contributed by atoms with van der Waals surface area (Å²) in [5, 5.41) is 8.29. The highest BCUT2D eigenvalue weighted by Crippen LogP contribution is 2.47. The molecule has 3 heterocycles. The number of aryl methyl sites for hydroxylation is 1. The predicted octanol–water partition coefficient (Wildman–Crippen LogP) is 2.31. The Morgan fingerprint density at radius 3 is 2.67 bits per heavy atom. The number of anilines is 1. The Bertz CT molecular complexity index is 1110. The number of pyridine rings is 1. The van der Waals surface area contributed by atoms with Crippen LogP contribution in [0, 0.1) is 6.92 Å². The topological polar surface area (TPSA) is 82.2 Å². The summed E-state index contributed by atoms with van der Waals surface area (Å²) in [5.74, 6) is 0.904. The molecule has 27 heavy (non-hydrogen) atoms. The summed E-state index contributed by atoms with van der Waals surface area (Å²) in [5.41, 5.74) is 1.73. The van der Waals surface area contributed by atoms with Crippen molar-refractivity contribution < 1.29 is 8.42 Å². The van der Waals surface area contributed by atoms with Gasteiger partial charge in [-0.3, -0.25) is 5.10 Å². The lowest BCUT2D eigenvalue weighted by molar-refractivity contribution is 0.319. The van der Waals surface area contributed by atoms with E-state index in [9.17, 15) is 8.42 Å². The third kappa shape index (κ3) is 2.62. The van der Waals surface area contributed by atoms with Crippen LogP contribution in [0.25, 0.3) is 10.9 Å². The van der Waals surface area contributed by atoms with E-state index in [2.05, 4.69) is 26.1 Å². The summed E-state index contributed by atoms with van der Waals surface area (Å²) in [4.78, 5) is 7.26. The molecule has 1 aromatic carbocycles. The van der Waals surface area contributed by atoms with E-state index in [1.54, 1.807) is 28.6 Å². The minimum absolute atomic E-state index is 0.140. The number of benzene rings is 1. The molecule has 2 aromatic heterocycles. The van der Waals surface area contributed by atoms with E-state index < -0.39 is 10.0 Å². The second-order valence-electron chi connectivity index (χ2n) is 7.42. The first-order valence-corrected chi connectivity index (χ1v) is 10.6. The average molecular weight is 383 g/mol. The molecule has 1 N–H and O–H groups in total. The van der Waals surface area contributed by atoms with Gasteiger partial charge in [0.15, 0.2) is 0 Å². The van der Waals surface area contributed by atoms with Crippen molar-refractivity contribution in [1.29, 1.82) is 0 Å². The van der Waals surface area contributed by atoms with Crippen LogP contribution in [0.5, 0.6) is 0 Å². The molecule has 2 aliphatic rings. The molecular weight excluding hydrogens is 362 g/mol. The number of nitrogens with one attached hydrogen (secondary N) is 1. The third-order valence-electron chi connectivity index (χ3n) is 5.72. The van der Waals surface area contributed by atoms with Crippen molar-refractivity contribution in [2.75, 3.05) is 24.5 Å². The van der Waals surface area contributed by atoms with E-state index in [1.165, 1.54) is 0 Å². The molecule has 1 spiro atoms. The van der Waals surface area contributed by atoms with Gasteiger partial charge in [-0.1, -0.05) is 18.2 Å². The molecular formula is C19H21N5O2S. The molecule has 2 fully saturated rings. The van der Waals surface area contributed by atoms with Gasteiger partial charge in [-0.2, -0.15) is 9.40 Å². The van der Waals surface area contributed by atoms with Gasteiger partial charge >= 0.3 is 0 Å². The van der Waals surface area contributed by atoms with Gasteiger partial charge in [-0.25, -0.2) is 13.4 Å². The van der Waals surface area contributed by atoms with Gasteiger partial charge < -0.3 is 4.90 Å². The maximum absolute atomic E-state index is 13.0. The lowest BCUT2D eigenvalue weighted by Gasteiger charge is -2.42. The van der Waals surface area contributed by atoms with Gasteiger partial charge in [0.05, 0.1) is 27.8 Å². The van der Waals surface area contributed by atoms with Crippen molar-refractivity contribution in [2.45, 2.75) is 30.2 Å². The first-order chi connectivity index (χ1) is 13.0. The van der Waals surface area contributed by atoms with Gasteiger partial charge in [-0.15, -0.1) is 0 Å². The fourth-order valence-electron chi connectivity index (χ4n) is 4.00. The summed E-state index contributed by atoms with van der Waals surface area (Å²) >= 11 is 0. The second-order valence-corrected chi connectivity index (χ2v) is 9.36. The number of piperazine rings is 1. The number of hydrogen-bond acceptors (Lipinski definition) is 5. The lowest BCUT2D eigenvalue weighted by atomic mass is 10.1. The number of sulfonamides is 1. The smallest absolute Gasteiger partial charge is 0.243 e. The second kappa shape index (κ2) is 5.77. The number of aromatic amines is 1. The van der Waals surface area contributed by atoms with Crippen LogP contribution in [0.4, 0.5) is 5.82 Å². The molecule has 1 saturated heterocycles. The molecule has 5 rings (SSSR count). The molecule has 140 valence electrons. The highest BCUT2D eigenvalue weighted by Gasteiger charge is 2.53. The highest BCUT2D eigenvalue weighted by molar-refractivity contribution is 7.89. The number of H-pyrrole nitrogens is 1. The normalized spacial score (nSPS) is 19.7. The number of aromatic nitrogens is 3. The Labute approximate surface area is 158 Å². The van der Waals surface area contributed by atoms with Crippen LogP contribution < -0.4 is 4.90 Å². The van der Waals surface area contributed by atoms with Gasteiger partial charge in [0.1, 0.15) is 5.82 Å². The molecule has 0 atom stereocenters. The van der Waals surface area contributed by atoms with Crippen molar-refractivity contribution in [2.24, 2.45) is 0 Å². The fourth-order valence-corrected chi connectivity index (χ4v) is 5.53. The highest BCUT2D eigenvalue weighted by atomic mass is 32.2. The van der Waals surface area contributed by atoms with Crippen LogP contribution in [-0.4, -0.2) is 53.1 Å². The minimum atomic E-state index is -3.46. The zero-order valence-electron chi connectivity index (χ0n) is 15.1. The van der Waals surface area contributed by atoms with E-state index in [0.29, 0.717) is 24.5 Å². The summed E-state index contributed by atoms with van der Waals surface area (Å²) in [6, 6.07) is 10.8. The van der Waals surface area contributed by atoms with Crippen molar-refractivity contribution in [3.8, 4) is 0 Å². The zero-order valence-corrected chi connectivity index (χ0v) is 15.9. The summed E-state index contributed by atoms with van der Waals surface area (Å²) in [7, 11) is -3.46. The van der Waals surface area contributed by atoms with Gasteiger partial charge in [0, 0.05) is 25.0 Å². The maximum atomic E-state index is 13.0. The number of hydrogen-bond donors (Lipinski definition) is 1. The minimum Gasteiger partial charge on any atom is -0.348 e. The monoisotopic (exact) mass is 383 g/mol. The number of fused-ring (bicyclic) bond motifs is 1. The van der Waals surface area contributed by atoms with E-state index >= 15 is 0 Å². The summed E-state index contributed by atoms with van der Waals surface area (Å²) in [6.07, 6.45) is 3.78. The van der Waals surface area contributed by atoms with Crippen LogP contribution in [-0.2, 0) is 10.0 Å². The molecule has 0 bridgehead atoms. The zero-order chi connectivity index (χ0) is 18.6. The molecule has 0 amide bonds. The largest absolute Gasteiger partial charge is 0.348 e. The number of nitrogens with zero attached hydrogens (tertiary/aromatic N) is 4. The van der Waals surface area contributed by atoms with Crippen LogP contribution in [0.15, 0.2) is 47.5 Å². The molecule has 3 aromatic rings. The Hall–Kier alpha value is -2.45. The van der Waals surface area contributed by atoms with Gasteiger partial charge in [0.25, 0.3) is 0 Å². The SMILES string of the molecule is Cc1n[nH]c2cnc(N3CCN(S(=O)(=O)c4ccccc4)CC34CC4)cc12. The number of rotatable bonds is 3. The summed E-state index contributed by atoms with van der Waals surface area (Å²) in [6.45, 7) is 3.58. The first-order valence-electron chi connectivity index (χ1n) is 9.13. The summed E-state index contributed by atoms with van der Waals surface area (Å²) < 4.78 is 27.7. The fraction of sp³-hybridized carbons (Fsp3) is 0.368. The van der Waals surface area contributed by atoms with Crippen molar-refractivity contribution in [1.82, 2.24) is 19.5 Å². The van der Waals surface area contributed by atoms with Crippen LogP contribution >= 0.6 is 0 Å². The predicted molar refractivity (Wildman–Crippen MR) is 103 cm³/mol. The van der Waals surface area contributed by atoms with E-state index in [-0.39, 0.29) is 5.54 Å². The molecule has 1 saturated carbocycles. The first kappa shape index (κ1) is 16.7. The van der Waals surface area contributed by atoms with Gasteiger partial charge in [0.2, 0.25) is 10.0 Å². The van der Waals surface area contributed by atoms with E-state index in [0.717, 1.165) is 35.3 Å². The van der Waals surface area contributed by atoms with Crippen LogP contribution in [0.1, 0.15) is 18.5 Å². The molecule has 7 nitrogen and oxygen atoms in total. The van der Waals surface area contributed by atoms with Gasteiger partial charge in [-0.05, 0) is 38.0 Å². The molecule has 8 heteroatoms. The Balaban J connectivity index is 1.45. The average Bonchev–Trinajstić information content (AvgIpc) is 3.35. The van der Waals surface area contributed by atoms with Crippen molar-refractivity contribution in [3.63, 3.8) is 0 Å². The standard InChI is InChI=1S/C19H21N5O2S/c1-14-16-11-18(20-12-17(16)22-21-14)24-10-9-23(13-19(24)7-8-19)27(25,26)15-5-3-2-4-6-15/h2-6,11-12H,7-10,13H2,1H3,(H,21,22). The van der Waals surface area contributed by atoms with Crippen molar-refractivity contribution in [3.05, 3.63) is 48.3 Å². The van der Waals surface area contributed by atoms with E-state index in [4.69, 9.17) is 0 Å². The Morgan fingerprint density at radius 1 is 1.15 bits per heavy atom. The van der Waals surface area contributed by atoms with Crippen LogP contribution in [0.3, 0.4) is 0 Å². The lowest BCUT2D eigenvalue weighted by Crippen LogP contribution is -2.56. The molecule has 1 aliphatic carbocycles. The molecule has 0 unspecified atom stereocenters. The van der Waals surface area contributed by atoms with Crippen LogP contribution in [0.2, 0.25) is 0 Å². The Kier molecular flexibility index (Phi) is 3.57. The third-order valence-corrected chi connectivity index (χ3v) is 7.58. The Morgan fingerprint density at radius 2 is 1.93 bits per heavy atom. The van der Waals surface area contributed by atoms with Crippen molar-refractivity contribution >= 4 is 26.7 Å².